The third-order valence-electron chi connectivity index (χ3n) is 4.81. The molecule has 2 fully saturated rings. The SMILES string of the molecule is CC1CC(C(=O)O)C(C(=O)N(CC(N)=O)C2CCCC2)C1. The number of carbonyl (C=O) groups is 3. The van der Waals surface area contributed by atoms with Crippen molar-refractivity contribution in [2.24, 2.45) is 23.5 Å². The van der Waals surface area contributed by atoms with Gasteiger partial charge in [-0.15, -0.1) is 0 Å². The standard InChI is InChI=1S/C15H24N2O4/c1-9-6-11(12(7-9)15(20)21)14(19)17(8-13(16)18)10-4-2-3-5-10/h9-12H,2-8H2,1H3,(H2,16,18)(H,20,21). The number of nitrogens with zero attached hydrogens (tertiary/aromatic N) is 1. The fourth-order valence-electron chi connectivity index (χ4n) is 3.82. The van der Waals surface area contributed by atoms with E-state index in [-0.39, 0.29) is 24.4 Å². The Morgan fingerprint density at radius 1 is 1.14 bits per heavy atom. The lowest BCUT2D eigenvalue weighted by molar-refractivity contribution is -0.150. The van der Waals surface area contributed by atoms with Gasteiger partial charge in [-0.2, -0.15) is 0 Å². The van der Waals surface area contributed by atoms with Crippen LogP contribution in [0.5, 0.6) is 0 Å². The summed E-state index contributed by atoms with van der Waals surface area (Å²) in [5, 5.41) is 9.32. The molecule has 2 aliphatic carbocycles. The van der Waals surface area contributed by atoms with Gasteiger partial charge in [-0.1, -0.05) is 19.8 Å². The van der Waals surface area contributed by atoms with Gasteiger partial charge in [0.2, 0.25) is 11.8 Å². The third kappa shape index (κ3) is 3.54. The maximum absolute atomic E-state index is 12.8. The molecule has 6 nitrogen and oxygen atoms in total. The highest BCUT2D eigenvalue weighted by atomic mass is 16.4. The summed E-state index contributed by atoms with van der Waals surface area (Å²) in [6, 6.07) is 0.0374. The van der Waals surface area contributed by atoms with Crippen LogP contribution < -0.4 is 5.73 Å². The van der Waals surface area contributed by atoms with Crippen LogP contribution in [-0.2, 0) is 14.4 Å². The van der Waals surface area contributed by atoms with Crippen molar-refractivity contribution >= 4 is 17.8 Å². The average Bonchev–Trinajstić information content (AvgIpc) is 3.03. The molecule has 0 bridgehead atoms. The van der Waals surface area contributed by atoms with E-state index >= 15 is 0 Å². The second-order valence-corrected chi connectivity index (χ2v) is 6.50. The molecule has 3 unspecified atom stereocenters. The summed E-state index contributed by atoms with van der Waals surface area (Å²) in [4.78, 5) is 37.0. The van der Waals surface area contributed by atoms with Crippen LogP contribution in [-0.4, -0.2) is 40.4 Å². The number of primary amides is 1. The monoisotopic (exact) mass is 296 g/mol. The molecular weight excluding hydrogens is 272 g/mol. The minimum absolute atomic E-state index is 0.0374. The minimum Gasteiger partial charge on any atom is -0.481 e. The van der Waals surface area contributed by atoms with Crippen LogP contribution in [0.4, 0.5) is 0 Å². The number of carboxylic acids is 1. The quantitative estimate of drug-likeness (QED) is 0.790. The lowest BCUT2D eigenvalue weighted by Crippen LogP contribution is -2.48. The van der Waals surface area contributed by atoms with Gasteiger partial charge in [-0.3, -0.25) is 14.4 Å². The van der Waals surface area contributed by atoms with Crippen molar-refractivity contribution in [2.45, 2.75) is 51.5 Å². The molecule has 3 N–H and O–H groups in total. The molecule has 2 aliphatic rings. The smallest absolute Gasteiger partial charge is 0.307 e. The summed E-state index contributed by atoms with van der Waals surface area (Å²) in [5.74, 6) is -2.57. The Labute approximate surface area is 124 Å². The summed E-state index contributed by atoms with van der Waals surface area (Å²) in [5.41, 5.74) is 5.27. The van der Waals surface area contributed by atoms with Gasteiger partial charge in [0, 0.05) is 6.04 Å². The lowest BCUT2D eigenvalue weighted by atomic mass is 9.94. The first-order valence-corrected chi connectivity index (χ1v) is 7.71. The maximum Gasteiger partial charge on any atom is 0.307 e. The molecule has 0 aromatic carbocycles. The second kappa shape index (κ2) is 6.45. The van der Waals surface area contributed by atoms with Gasteiger partial charge in [0.05, 0.1) is 18.4 Å². The molecule has 118 valence electrons. The van der Waals surface area contributed by atoms with Gasteiger partial charge in [-0.05, 0) is 31.6 Å². The molecule has 0 radical (unpaired) electrons. The predicted octanol–water partition coefficient (Wildman–Crippen LogP) is 0.990. The summed E-state index contributed by atoms with van der Waals surface area (Å²) in [6.07, 6.45) is 4.93. The van der Waals surface area contributed by atoms with Crippen molar-refractivity contribution in [1.82, 2.24) is 4.90 Å². The first-order chi connectivity index (χ1) is 9.90. The third-order valence-corrected chi connectivity index (χ3v) is 4.81. The van der Waals surface area contributed by atoms with Crippen LogP contribution in [0.1, 0.15) is 45.4 Å². The van der Waals surface area contributed by atoms with E-state index in [4.69, 9.17) is 5.73 Å². The number of hydrogen-bond donors (Lipinski definition) is 2. The molecule has 21 heavy (non-hydrogen) atoms. The van der Waals surface area contributed by atoms with E-state index in [2.05, 4.69) is 0 Å². The van der Waals surface area contributed by atoms with Crippen LogP contribution in [0.3, 0.4) is 0 Å². The zero-order valence-corrected chi connectivity index (χ0v) is 12.5. The Balaban J connectivity index is 2.16. The van der Waals surface area contributed by atoms with Crippen LogP contribution in [0.15, 0.2) is 0 Å². The van der Waals surface area contributed by atoms with E-state index in [1.165, 1.54) is 0 Å². The van der Waals surface area contributed by atoms with Crippen molar-refractivity contribution in [3.8, 4) is 0 Å². The average molecular weight is 296 g/mol. The minimum atomic E-state index is -0.914. The van der Waals surface area contributed by atoms with Crippen LogP contribution in [0, 0.1) is 17.8 Å². The largest absolute Gasteiger partial charge is 0.481 e. The Morgan fingerprint density at radius 3 is 2.24 bits per heavy atom. The first-order valence-electron chi connectivity index (χ1n) is 7.71. The summed E-state index contributed by atoms with van der Waals surface area (Å²) in [7, 11) is 0. The van der Waals surface area contributed by atoms with Crippen molar-refractivity contribution in [1.29, 1.82) is 0 Å². The highest BCUT2D eigenvalue weighted by Crippen LogP contribution is 2.38. The van der Waals surface area contributed by atoms with Gasteiger partial charge >= 0.3 is 5.97 Å². The van der Waals surface area contributed by atoms with Gasteiger partial charge in [0.25, 0.3) is 0 Å². The van der Waals surface area contributed by atoms with Crippen molar-refractivity contribution in [3.63, 3.8) is 0 Å². The number of amides is 2. The van der Waals surface area contributed by atoms with E-state index < -0.39 is 23.7 Å². The van der Waals surface area contributed by atoms with Gasteiger partial charge < -0.3 is 15.7 Å². The van der Waals surface area contributed by atoms with Crippen molar-refractivity contribution < 1.29 is 19.5 Å². The molecule has 0 aliphatic heterocycles. The highest BCUT2D eigenvalue weighted by Gasteiger charge is 2.44. The van der Waals surface area contributed by atoms with Crippen molar-refractivity contribution in [3.05, 3.63) is 0 Å². The maximum atomic E-state index is 12.8. The fraction of sp³-hybridized carbons (Fsp3) is 0.800. The fourth-order valence-corrected chi connectivity index (χ4v) is 3.82. The molecule has 0 aromatic rings. The summed E-state index contributed by atoms with van der Waals surface area (Å²) >= 11 is 0. The molecule has 3 atom stereocenters. The highest BCUT2D eigenvalue weighted by molar-refractivity contribution is 5.88. The summed E-state index contributed by atoms with van der Waals surface area (Å²) < 4.78 is 0. The first kappa shape index (κ1) is 15.8. The molecule has 0 heterocycles. The van der Waals surface area contributed by atoms with Gasteiger partial charge in [0.1, 0.15) is 0 Å². The molecule has 2 rings (SSSR count). The number of carbonyl (C=O) groups excluding carboxylic acids is 2. The van der Waals surface area contributed by atoms with E-state index in [1.54, 1.807) is 4.90 Å². The van der Waals surface area contributed by atoms with Gasteiger partial charge in [-0.25, -0.2) is 0 Å². The Hall–Kier alpha value is -1.59. The molecule has 0 saturated heterocycles. The van der Waals surface area contributed by atoms with E-state index in [0.717, 1.165) is 25.7 Å². The van der Waals surface area contributed by atoms with Crippen LogP contribution >= 0.6 is 0 Å². The second-order valence-electron chi connectivity index (χ2n) is 6.50. The lowest BCUT2D eigenvalue weighted by Gasteiger charge is -2.31. The van der Waals surface area contributed by atoms with Gasteiger partial charge in [0.15, 0.2) is 0 Å². The van der Waals surface area contributed by atoms with E-state index in [0.29, 0.717) is 12.8 Å². The molecule has 0 spiro atoms. The Bertz CT molecular complexity index is 431. The summed E-state index contributed by atoms with van der Waals surface area (Å²) in [6.45, 7) is 1.87. The van der Waals surface area contributed by atoms with Crippen LogP contribution in [0.25, 0.3) is 0 Å². The predicted molar refractivity (Wildman–Crippen MR) is 76.2 cm³/mol. The molecule has 6 heteroatoms. The number of nitrogens with two attached hydrogens (primary N) is 1. The Kier molecular flexibility index (Phi) is 4.85. The zero-order chi connectivity index (χ0) is 15.6. The number of rotatable bonds is 5. The van der Waals surface area contributed by atoms with E-state index in [9.17, 15) is 19.5 Å². The van der Waals surface area contributed by atoms with E-state index in [1.807, 2.05) is 6.92 Å². The zero-order valence-electron chi connectivity index (χ0n) is 12.5. The number of aliphatic carboxylic acids is 1. The molecular formula is C15H24N2O4. The van der Waals surface area contributed by atoms with Crippen molar-refractivity contribution in [2.75, 3.05) is 6.54 Å². The Morgan fingerprint density at radius 2 is 1.71 bits per heavy atom. The topological polar surface area (TPSA) is 101 Å². The normalized spacial score (nSPS) is 29.5. The number of carboxylic acid groups (broad SMARTS) is 1. The molecule has 2 amide bonds. The molecule has 0 aromatic heterocycles. The van der Waals surface area contributed by atoms with Crippen LogP contribution in [0.2, 0.25) is 0 Å². The number of hydrogen-bond acceptors (Lipinski definition) is 3. The molecule has 2 saturated carbocycles.